The van der Waals surface area contributed by atoms with E-state index in [0.717, 1.165) is 24.4 Å². The summed E-state index contributed by atoms with van der Waals surface area (Å²) in [5.41, 5.74) is 2.64. The summed E-state index contributed by atoms with van der Waals surface area (Å²) in [4.78, 5) is 12.6. The van der Waals surface area contributed by atoms with Crippen molar-refractivity contribution in [2.45, 2.75) is 49.1 Å². The summed E-state index contributed by atoms with van der Waals surface area (Å²) in [6.45, 7) is 1.91. The van der Waals surface area contributed by atoms with E-state index < -0.39 is 0 Å². The van der Waals surface area contributed by atoms with Gasteiger partial charge in [-0.05, 0) is 37.3 Å². The molecule has 0 radical (unpaired) electrons. The fourth-order valence-corrected chi connectivity index (χ4v) is 3.75. The second-order valence-electron chi connectivity index (χ2n) is 5.99. The standard InChI is InChI=1S/C17H22N4OS/c1-12(23-17-20-18-11-21(17)2)16(22)19-15-10-6-4-8-13-7-3-5-9-14(13)15/h3,5,7,9,11-12,15H,4,6,8,10H2,1-2H3,(H,19,22)/t12-,15+/m1/s1. The first kappa shape index (κ1) is 16.1. The van der Waals surface area contributed by atoms with Crippen LogP contribution in [0.5, 0.6) is 0 Å². The van der Waals surface area contributed by atoms with Gasteiger partial charge in [0.15, 0.2) is 5.16 Å². The smallest absolute Gasteiger partial charge is 0.233 e. The molecule has 1 aliphatic rings. The van der Waals surface area contributed by atoms with Crippen LogP contribution in [0.25, 0.3) is 0 Å². The van der Waals surface area contributed by atoms with Crippen molar-refractivity contribution in [2.24, 2.45) is 7.05 Å². The van der Waals surface area contributed by atoms with Crippen molar-refractivity contribution in [3.8, 4) is 0 Å². The third-order valence-electron chi connectivity index (χ3n) is 4.26. The van der Waals surface area contributed by atoms with Crippen LogP contribution in [0.3, 0.4) is 0 Å². The maximum absolute atomic E-state index is 12.6. The summed E-state index contributed by atoms with van der Waals surface area (Å²) in [6, 6.07) is 8.57. The van der Waals surface area contributed by atoms with Gasteiger partial charge in [-0.15, -0.1) is 10.2 Å². The Labute approximate surface area is 140 Å². The minimum Gasteiger partial charge on any atom is -0.348 e. The molecule has 0 fully saturated rings. The number of carbonyl (C=O) groups excluding carboxylic acids is 1. The lowest BCUT2D eigenvalue weighted by atomic mass is 9.99. The SMILES string of the molecule is C[C@@H](Sc1nncn1C)C(=O)N[C@H]1CCCCc2ccccc21. The van der Waals surface area contributed by atoms with Crippen LogP contribution < -0.4 is 5.32 Å². The summed E-state index contributed by atoms with van der Waals surface area (Å²) in [5.74, 6) is 0.0553. The molecule has 5 nitrogen and oxygen atoms in total. The van der Waals surface area contributed by atoms with Crippen molar-refractivity contribution in [3.63, 3.8) is 0 Å². The number of rotatable bonds is 4. The lowest BCUT2D eigenvalue weighted by Crippen LogP contribution is -2.34. The molecular weight excluding hydrogens is 308 g/mol. The number of carbonyl (C=O) groups is 1. The highest BCUT2D eigenvalue weighted by Crippen LogP contribution is 2.29. The van der Waals surface area contributed by atoms with Gasteiger partial charge in [-0.2, -0.15) is 0 Å². The quantitative estimate of drug-likeness (QED) is 0.692. The van der Waals surface area contributed by atoms with Crippen LogP contribution in [0.1, 0.15) is 43.4 Å². The number of nitrogens with one attached hydrogen (secondary N) is 1. The van der Waals surface area contributed by atoms with Gasteiger partial charge >= 0.3 is 0 Å². The highest BCUT2D eigenvalue weighted by molar-refractivity contribution is 8.00. The summed E-state index contributed by atoms with van der Waals surface area (Å²) in [5, 5.41) is 11.7. The Bertz CT molecular complexity index is 685. The highest BCUT2D eigenvalue weighted by atomic mass is 32.2. The first-order valence-electron chi connectivity index (χ1n) is 8.04. The summed E-state index contributed by atoms with van der Waals surface area (Å²) in [6.07, 6.45) is 6.08. The van der Waals surface area contributed by atoms with Crippen LogP contribution in [0.15, 0.2) is 35.7 Å². The van der Waals surface area contributed by atoms with Crippen LogP contribution >= 0.6 is 11.8 Å². The molecule has 6 heteroatoms. The average molecular weight is 330 g/mol. The summed E-state index contributed by atoms with van der Waals surface area (Å²) < 4.78 is 1.83. The fourth-order valence-electron chi connectivity index (χ4n) is 2.95. The topological polar surface area (TPSA) is 59.8 Å². The second kappa shape index (κ2) is 7.17. The van der Waals surface area contributed by atoms with E-state index in [1.54, 1.807) is 6.33 Å². The minimum absolute atomic E-state index is 0.0553. The Hall–Kier alpha value is -1.82. The van der Waals surface area contributed by atoms with E-state index in [2.05, 4.69) is 39.8 Å². The second-order valence-corrected chi connectivity index (χ2v) is 7.30. The van der Waals surface area contributed by atoms with Gasteiger partial charge in [0.05, 0.1) is 11.3 Å². The number of nitrogens with zero attached hydrogens (tertiary/aromatic N) is 3. The molecule has 0 unspecified atom stereocenters. The Kier molecular flexibility index (Phi) is 5.00. The van der Waals surface area contributed by atoms with E-state index in [4.69, 9.17) is 0 Å². The molecule has 1 aromatic heterocycles. The summed E-state index contributed by atoms with van der Waals surface area (Å²) in [7, 11) is 1.88. The number of hydrogen-bond acceptors (Lipinski definition) is 4. The van der Waals surface area contributed by atoms with Crippen molar-refractivity contribution in [1.29, 1.82) is 0 Å². The third-order valence-corrected chi connectivity index (χ3v) is 5.41. The van der Waals surface area contributed by atoms with Gasteiger partial charge in [-0.1, -0.05) is 42.4 Å². The minimum atomic E-state index is -0.201. The lowest BCUT2D eigenvalue weighted by molar-refractivity contribution is -0.121. The monoisotopic (exact) mass is 330 g/mol. The largest absolute Gasteiger partial charge is 0.348 e. The van der Waals surface area contributed by atoms with Crippen LogP contribution in [0.2, 0.25) is 0 Å². The predicted octanol–water partition coefficient (Wildman–Crippen LogP) is 2.88. The van der Waals surface area contributed by atoms with Crippen molar-refractivity contribution >= 4 is 17.7 Å². The van der Waals surface area contributed by atoms with E-state index in [0.29, 0.717) is 0 Å². The molecule has 2 aromatic rings. The van der Waals surface area contributed by atoms with E-state index >= 15 is 0 Å². The molecule has 122 valence electrons. The van der Waals surface area contributed by atoms with Gasteiger partial charge in [-0.25, -0.2) is 0 Å². The van der Waals surface area contributed by atoms with Crippen LogP contribution in [-0.4, -0.2) is 25.9 Å². The van der Waals surface area contributed by atoms with Crippen molar-refractivity contribution in [2.75, 3.05) is 0 Å². The van der Waals surface area contributed by atoms with Crippen molar-refractivity contribution < 1.29 is 4.79 Å². The van der Waals surface area contributed by atoms with E-state index in [-0.39, 0.29) is 17.2 Å². The first-order chi connectivity index (χ1) is 11.1. The molecule has 1 aliphatic carbocycles. The normalized spacial score (nSPS) is 18.8. The number of hydrogen-bond donors (Lipinski definition) is 1. The van der Waals surface area contributed by atoms with Gasteiger partial charge in [-0.3, -0.25) is 4.79 Å². The van der Waals surface area contributed by atoms with Gasteiger partial charge in [0.25, 0.3) is 0 Å². The number of aromatic nitrogens is 3. The molecule has 1 N–H and O–H groups in total. The zero-order valence-electron chi connectivity index (χ0n) is 13.5. The molecule has 0 saturated carbocycles. The Morgan fingerprint density at radius 2 is 2.22 bits per heavy atom. The Balaban J connectivity index is 1.68. The Morgan fingerprint density at radius 3 is 3.00 bits per heavy atom. The van der Waals surface area contributed by atoms with Crippen LogP contribution in [0.4, 0.5) is 0 Å². The number of aryl methyl sites for hydroxylation is 2. The third kappa shape index (κ3) is 3.75. The van der Waals surface area contributed by atoms with E-state index in [9.17, 15) is 4.79 Å². The van der Waals surface area contributed by atoms with Gasteiger partial charge < -0.3 is 9.88 Å². The zero-order valence-corrected chi connectivity index (χ0v) is 14.3. The molecule has 1 amide bonds. The molecule has 0 saturated heterocycles. The number of thioether (sulfide) groups is 1. The molecule has 0 bridgehead atoms. The van der Waals surface area contributed by atoms with E-state index in [1.807, 2.05) is 18.5 Å². The lowest BCUT2D eigenvalue weighted by Gasteiger charge is -2.21. The molecule has 23 heavy (non-hydrogen) atoms. The number of fused-ring (bicyclic) bond motifs is 1. The number of amides is 1. The predicted molar refractivity (Wildman–Crippen MR) is 91.2 cm³/mol. The van der Waals surface area contributed by atoms with Crippen molar-refractivity contribution in [3.05, 3.63) is 41.7 Å². The van der Waals surface area contributed by atoms with Gasteiger partial charge in [0, 0.05) is 7.05 Å². The molecule has 1 aromatic carbocycles. The molecule has 0 aliphatic heterocycles. The molecule has 1 heterocycles. The van der Waals surface area contributed by atoms with Gasteiger partial charge in [0.2, 0.25) is 5.91 Å². The Morgan fingerprint density at radius 1 is 1.39 bits per heavy atom. The van der Waals surface area contributed by atoms with E-state index in [1.165, 1.54) is 29.3 Å². The zero-order chi connectivity index (χ0) is 16.2. The van der Waals surface area contributed by atoms with Crippen LogP contribution in [-0.2, 0) is 18.3 Å². The molecule has 0 spiro atoms. The highest BCUT2D eigenvalue weighted by Gasteiger charge is 2.23. The van der Waals surface area contributed by atoms with Gasteiger partial charge in [0.1, 0.15) is 6.33 Å². The fraction of sp³-hybridized carbons (Fsp3) is 0.471. The molecule has 2 atom stereocenters. The average Bonchev–Trinajstić information content (AvgIpc) is 2.84. The maximum atomic E-state index is 12.6. The molecular formula is C17H22N4OS. The first-order valence-corrected chi connectivity index (χ1v) is 8.92. The van der Waals surface area contributed by atoms with Crippen LogP contribution in [0, 0.1) is 0 Å². The maximum Gasteiger partial charge on any atom is 0.233 e. The summed E-state index contributed by atoms with van der Waals surface area (Å²) >= 11 is 1.44. The number of benzene rings is 1. The van der Waals surface area contributed by atoms with Crippen molar-refractivity contribution in [1.82, 2.24) is 20.1 Å². The molecule has 3 rings (SSSR count).